The van der Waals surface area contributed by atoms with Gasteiger partial charge >= 0.3 is 12.3 Å². The third kappa shape index (κ3) is 7.84. The number of nitrogens with one attached hydrogen (secondary N) is 2. The first kappa shape index (κ1) is 32.7. The molecule has 1 aromatic carbocycles. The number of benzene rings is 1. The van der Waals surface area contributed by atoms with Gasteiger partial charge in [-0.25, -0.2) is 9.48 Å². The maximum atomic E-state index is 13.9. The van der Waals surface area contributed by atoms with E-state index in [9.17, 15) is 27.6 Å². The summed E-state index contributed by atoms with van der Waals surface area (Å²) in [6, 6.07) is 4.39. The van der Waals surface area contributed by atoms with Crippen LogP contribution < -0.4 is 16.4 Å². The summed E-state index contributed by atoms with van der Waals surface area (Å²) in [5, 5.41) is 10.00. The molecule has 9 nitrogen and oxygen atoms in total. The van der Waals surface area contributed by atoms with Gasteiger partial charge in [0.15, 0.2) is 11.5 Å². The normalized spacial score (nSPS) is 20.3. The van der Waals surface area contributed by atoms with Crippen molar-refractivity contribution in [1.29, 1.82) is 0 Å². The molecule has 2 amide bonds. The number of carbonyl (C=O) groups excluding carboxylic acids is 3. The van der Waals surface area contributed by atoms with Gasteiger partial charge in [0, 0.05) is 29.4 Å². The number of alkyl carbamates (subject to hydrolysis) is 1. The van der Waals surface area contributed by atoms with Crippen molar-refractivity contribution in [2.24, 2.45) is 11.1 Å². The number of alkyl halides is 3. The Labute approximate surface area is 253 Å². The molecule has 4 N–H and O–H groups in total. The lowest BCUT2D eigenvalue weighted by atomic mass is 9.75. The number of carbonyl (C=O) groups is 3. The lowest BCUT2D eigenvalue weighted by molar-refractivity contribution is -0.141. The van der Waals surface area contributed by atoms with Gasteiger partial charge in [-0.15, -0.1) is 0 Å². The highest BCUT2D eigenvalue weighted by molar-refractivity contribution is 7.99. The topological polar surface area (TPSA) is 128 Å². The summed E-state index contributed by atoms with van der Waals surface area (Å²) >= 11 is 1.73. The summed E-state index contributed by atoms with van der Waals surface area (Å²) in [4.78, 5) is 37.3. The number of nitrogens with two attached hydrogens (primary N) is 1. The molecule has 2 aliphatic carbocycles. The Balaban J connectivity index is 1.49. The fraction of sp³-hybridized carbons (Fsp3) is 0.600. The summed E-state index contributed by atoms with van der Waals surface area (Å²) in [7, 11) is 0. The Hall–Kier alpha value is -3.22. The second-order valence-corrected chi connectivity index (χ2v) is 14.3. The van der Waals surface area contributed by atoms with E-state index in [4.69, 9.17) is 10.5 Å². The van der Waals surface area contributed by atoms with Crippen molar-refractivity contribution >= 4 is 35.2 Å². The van der Waals surface area contributed by atoms with Gasteiger partial charge in [0.1, 0.15) is 6.10 Å². The van der Waals surface area contributed by atoms with Gasteiger partial charge in [0.25, 0.3) is 5.91 Å². The van der Waals surface area contributed by atoms with Gasteiger partial charge in [-0.2, -0.15) is 30.0 Å². The molecule has 1 aromatic heterocycles. The number of anilines is 1. The van der Waals surface area contributed by atoms with E-state index >= 15 is 0 Å². The van der Waals surface area contributed by atoms with E-state index in [0.717, 1.165) is 11.1 Å². The number of ketones is 1. The van der Waals surface area contributed by atoms with Crippen molar-refractivity contribution in [3.63, 3.8) is 0 Å². The van der Waals surface area contributed by atoms with Gasteiger partial charge in [0.05, 0.1) is 22.5 Å². The molecule has 1 fully saturated rings. The second kappa shape index (κ2) is 12.4. The molecule has 0 aliphatic heterocycles. The minimum atomic E-state index is -4.80. The summed E-state index contributed by atoms with van der Waals surface area (Å²) in [5.74, 6) is -1.28. The maximum Gasteiger partial charge on any atom is 0.435 e. The third-order valence-corrected chi connectivity index (χ3v) is 9.49. The van der Waals surface area contributed by atoms with Crippen LogP contribution in [-0.2, 0) is 17.3 Å². The SMILES string of the molecule is CSC(C)(C)CCNC(=O)OC1CCC(Nc2cc(-n3nc(C(F)(F)F)c4c3CC(C)(C)CC4=O)ccc2C(N)=O)CC1. The highest BCUT2D eigenvalue weighted by Gasteiger charge is 2.45. The summed E-state index contributed by atoms with van der Waals surface area (Å²) in [6.07, 6.45) is 0.0528. The Bertz CT molecular complexity index is 1380. The first-order chi connectivity index (χ1) is 20.0. The van der Waals surface area contributed by atoms with Crippen molar-refractivity contribution in [3.8, 4) is 5.69 Å². The van der Waals surface area contributed by atoms with Crippen LogP contribution in [0.4, 0.5) is 23.7 Å². The highest BCUT2D eigenvalue weighted by Crippen LogP contribution is 2.42. The zero-order valence-electron chi connectivity index (χ0n) is 25.2. The standard InChI is InChI=1S/C30H40F3N5O4S/c1-28(2)15-22-24(23(39)16-28)25(30(31,32)33)37-38(22)18-8-11-20(26(34)40)21(14-18)36-17-6-9-19(10-7-17)42-27(41)35-13-12-29(3,4)43-5/h8,11,14,17,19,36H,6-7,9-10,12-13,15-16H2,1-5H3,(H2,34,40)(H,35,41). The Morgan fingerprint density at radius 2 is 1.84 bits per heavy atom. The fourth-order valence-electron chi connectivity index (χ4n) is 5.66. The molecule has 0 saturated heterocycles. The van der Waals surface area contributed by atoms with Crippen molar-refractivity contribution in [1.82, 2.24) is 15.1 Å². The second-order valence-electron chi connectivity index (χ2n) is 12.8. The molecular formula is C30H40F3N5O4S. The molecule has 1 heterocycles. The van der Waals surface area contributed by atoms with Gasteiger partial charge in [0.2, 0.25) is 0 Å². The van der Waals surface area contributed by atoms with Crippen molar-refractivity contribution in [2.75, 3.05) is 18.1 Å². The number of amides is 2. The largest absolute Gasteiger partial charge is 0.446 e. The zero-order valence-corrected chi connectivity index (χ0v) is 26.0. The number of fused-ring (bicyclic) bond motifs is 1. The first-order valence-corrected chi connectivity index (χ1v) is 15.6. The van der Waals surface area contributed by atoms with Crippen LogP contribution in [0.3, 0.4) is 0 Å². The Kier molecular flexibility index (Phi) is 9.44. The van der Waals surface area contributed by atoms with Crippen LogP contribution in [0.5, 0.6) is 0 Å². The number of hydrogen-bond donors (Lipinski definition) is 3. The van der Waals surface area contributed by atoms with E-state index < -0.39 is 40.6 Å². The van der Waals surface area contributed by atoms with E-state index in [-0.39, 0.29) is 46.7 Å². The molecule has 13 heteroatoms. The molecule has 2 aromatic rings. The Morgan fingerprint density at radius 3 is 2.44 bits per heavy atom. The lowest BCUT2D eigenvalue weighted by Crippen LogP contribution is -2.36. The molecule has 4 rings (SSSR count). The Morgan fingerprint density at radius 1 is 1.16 bits per heavy atom. The predicted molar refractivity (Wildman–Crippen MR) is 160 cm³/mol. The van der Waals surface area contributed by atoms with Crippen molar-refractivity contribution < 1.29 is 32.3 Å². The van der Waals surface area contributed by atoms with Gasteiger partial charge in [-0.05, 0) is 68.4 Å². The molecule has 43 heavy (non-hydrogen) atoms. The monoisotopic (exact) mass is 623 g/mol. The fourth-order valence-corrected chi connectivity index (χ4v) is 5.97. The molecule has 0 atom stereocenters. The van der Waals surface area contributed by atoms with Crippen LogP contribution in [-0.4, -0.2) is 57.3 Å². The number of thioether (sulfide) groups is 1. The molecule has 0 spiro atoms. The minimum absolute atomic E-state index is 0.00750. The van der Waals surface area contributed by atoms with Crippen molar-refractivity contribution in [3.05, 3.63) is 40.7 Å². The van der Waals surface area contributed by atoms with Crippen LogP contribution in [0.2, 0.25) is 0 Å². The average molecular weight is 624 g/mol. The van der Waals surface area contributed by atoms with Gasteiger partial charge < -0.3 is 21.1 Å². The number of halogens is 3. The number of Topliss-reactive ketones (excluding diaryl/α,β-unsaturated/α-hetero) is 1. The molecule has 1 saturated carbocycles. The third-order valence-electron chi connectivity index (χ3n) is 8.18. The highest BCUT2D eigenvalue weighted by atomic mass is 32.2. The molecule has 0 radical (unpaired) electrons. The summed E-state index contributed by atoms with van der Waals surface area (Å²) in [6.45, 7) is 8.41. The van der Waals surface area contributed by atoms with E-state index in [1.54, 1.807) is 17.8 Å². The lowest BCUT2D eigenvalue weighted by Gasteiger charge is -2.30. The van der Waals surface area contributed by atoms with Crippen LogP contribution in [0.15, 0.2) is 18.2 Å². The van der Waals surface area contributed by atoms with Gasteiger partial charge in [-0.1, -0.05) is 27.7 Å². The number of primary amides is 1. The van der Waals surface area contributed by atoms with Crippen LogP contribution in [0.1, 0.15) is 98.3 Å². The summed E-state index contributed by atoms with van der Waals surface area (Å²) in [5.41, 5.74) is 4.51. The zero-order chi connectivity index (χ0) is 31.7. The molecular weight excluding hydrogens is 583 g/mol. The molecule has 236 valence electrons. The average Bonchev–Trinajstić information content (AvgIpc) is 3.29. The molecule has 2 aliphatic rings. The summed E-state index contributed by atoms with van der Waals surface area (Å²) < 4.78 is 48.6. The quantitative estimate of drug-likeness (QED) is 0.307. The van der Waals surface area contributed by atoms with Crippen LogP contribution in [0, 0.1) is 5.41 Å². The van der Waals surface area contributed by atoms with E-state index in [0.29, 0.717) is 37.9 Å². The van der Waals surface area contributed by atoms with Crippen molar-refractivity contribution in [2.45, 2.75) is 95.7 Å². The van der Waals surface area contributed by atoms with Crippen LogP contribution >= 0.6 is 11.8 Å². The van der Waals surface area contributed by atoms with E-state index in [1.165, 1.54) is 12.1 Å². The number of ether oxygens (including phenoxy) is 1. The van der Waals surface area contributed by atoms with Crippen LogP contribution in [0.25, 0.3) is 5.69 Å². The van der Waals surface area contributed by atoms with Gasteiger partial charge in [-0.3, -0.25) is 9.59 Å². The predicted octanol–water partition coefficient (Wildman–Crippen LogP) is 6.13. The maximum absolute atomic E-state index is 13.9. The number of aromatic nitrogens is 2. The molecule has 0 bridgehead atoms. The first-order valence-electron chi connectivity index (χ1n) is 14.4. The smallest absolute Gasteiger partial charge is 0.435 e. The van der Waals surface area contributed by atoms with E-state index in [2.05, 4.69) is 29.6 Å². The van der Waals surface area contributed by atoms with E-state index in [1.807, 2.05) is 20.1 Å². The molecule has 0 unspecified atom stereocenters. The number of hydrogen-bond acceptors (Lipinski definition) is 7. The number of rotatable bonds is 9. The minimum Gasteiger partial charge on any atom is -0.446 e. The number of nitrogens with zero attached hydrogens (tertiary/aromatic N) is 2.